The van der Waals surface area contributed by atoms with E-state index in [0.29, 0.717) is 34.4 Å². The first-order valence-electron chi connectivity index (χ1n) is 12.0. The second-order valence-corrected chi connectivity index (χ2v) is 10.4. The maximum atomic E-state index is 13.9. The van der Waals surface area contributed by atoms with E-state index in [-0.39, 0.29) is 11.7 Å². The molecule has 3 aromatic rings. The molecule has 5 rings (SSSR count). The van der Waals surface area contributed by atoms with Gasteiger partial charge in [0, 0.05) is 19.0 Å². The van der Waals surface area contributed by atoms with Crippen molar-refractivity contribution in [1.29, 1.82) is 5.26 Å². The van der Waals surface area contributed by atoms with E-state index in [4.69, 9.17) is 4.99 Å². The van der Waals surface area contributed by atoms with Gasteiger partial charge >= 0.3 is 0 Å². The number of benzene rings is 3. The Bertz CT molecular complexity index is 1510. The molecule has 1 amide bonds. The van der Waals surface area contributed by atoms with E-state index < -0.39 is 0 Å². The Labute approximate surface area is 229 Å². The van der Waals surface area contributed by atoms with E-state index in [9.17, 15) is 14.4 Å². The number of nitrogens with one attached hydrogen (secondary N) is 1. The van der Waals surface area contributed by atoms with Crippen LogP contribution in [-0.2, 0) is 11.3 Å². The van der Waals surface area contributed by atoms with E-state index in [1.54, 1.807) is 29.2 Å². The zero-order chi connectivity index (χ0) is 26.6. The number of nitriles is 1. The molecule has 38 heavy (non-hydrogen) atoms. The van der Waals surface area contributed by atoms with Crippen LogP contribution in [0.3, 0.4) is 0 Å². The minimum atomic E-state index is -0.294. The molecule has 0 bridgehead atoms. The number of amides is 1. The Morgan fingerprint density at radius 2 is 1.84 bits per heavy atom. The van der Waals surface area contributed by atoms with Crippen LogP contribution >= 0.6 is 23.5 Å². The third-order valence-corrected chi connectivity index (χ3v) is 8.28. The molecule has 0 unspecified atom stereocenters. The highest BCUT2D eigenvalue weighted by Crippen LogP contribution is 2.46. The molecule has 6 nitrogen and oxygen atoms in total. The summed E-state index contributed by atoms with van der Waals surface area (Å²) in [5.41, 5.74) is 4.63. The van der Waals surface area contributed by atoms with Gasteiger partial charge in [-0.1, -0.05) is 42.1 Å². The second kappa shape index (κ2) is 11.2. The lowest BCUT2D eigenvalue weighted by atomic mass is 10.1. The van der Waals surface area contributed by atoms with Gasteiger partial charge in [-0.3, -0.25) is 9.69 Å². The predicted octanol–water partition coefficient (Wildman–Crippen LogP) is 6.74. The average Bonchev–Trinajstić information content (AvgIpc) is 3.45. The molecule has 0 spiro atoms. The first-order chi connectivity index (χ1) is 18.5. The van der Waals surface area contributed by atoms with Gasteiger partial charge in [-0.25, -0.2) is 9.38 Å². The molecule has 190 valence electrons. The van der Waals surface area contributed by atoms with Crippen molar-refractivity contribution < 1.29 is 9.18 Å². The van der Waals surface area contributed by atoms with Crippen molar-refractivity contribution in [3.63, 3.8) is 0 Å². The van der Waals surface area contributed by atoms with Crippen LogP contribution in [0.2, 0.25) is 0 Å². The second-order valence-electron chi connectivity index (χ2n) is 8.57. The molecule has 0 radical (unpaired) electrons. The number of thioether (sulfide) groups is 2. The van der Waals surface area contributed by atoms with Crippen LogP contribution in [0, 0.1) is 17.1 Å². The van der Waals surface area contributed by atoms with Crippen molar-refractivity contribution in [2.24, 2.45) is 4.99 Å². The molecule has 0 atom stereocenters. The third-order valence-electron chi connectivity index (χ3n) is 6.04. The highest BCUT2D eigenvalue weighted by molar-refractivity contribution is 8.19. The lowest BCUT2D eigenvalue weighted by Gasteiger charge is -2.19. The maximum Gasteiger partial charge on any atom is 0.269 e. The van der Waals surface area contributed by atoms with Gasteiger partial charge in [0.25, 0.3) is 5.91 Å². The highest BCUT2D eigenvalue weighted by Gasteiger charge is 2.38. The summed E-state index contributed by atoms with van der Waals surface area (Å²) in [4.78, 5) is 23.0. The van der Waals surface area contributed by atoms with Gasteiger partial charge in [0.05, 0.1) is 40.3 Å². The lowest BCUT2D eigenvalue weighted by molar-refractivity contribution is -0.122. The van der Waals surface area contributed by atoms with Crippen molar-refractivity contribution in [2.75, 3.05) is 18.9 Å². The van der Waals surface area contributed by atoms with Gasteiger partial charge in [0.15, 0.2) is 5.17 Å². The number of amidine groups is 1. The molecule has 0 aliphatic carbocycles. The van der Waals surface area contributed by atoms with Crippen molar-refractivity contribution in [2.45, 2.75) is 13.5 Å². The fourth-order valence-electron chi connectivity index (χ4n) is 4.13. The number of hydrogen-bond acceptors (Lipinski definition) is 7. The largest absolute Gasteiger partial charge is 0.384 e. The number of halogens is 1. The number of carbonyl (C=O) groups is 1. The Hall–Kier alpha value is -4.00. The summed E-state index contributed by atoms with van der Waals surface area (Å²) < 4.78 is 13.5. The highest BCUT2D eigenvalue weighted by atomic mass is 32.2. The lowest BCUT2D eigenvalue weighted by Crippen LogP contribution is -2.29. The Morgan fingerprint density at radius 1 is 1.08 bits per heavy atom. The van der Waals surface area contributed by atoms with Crippen molar-refractivity contribution in [3.05, 3.63) is 111 Å². The van der Waals surface area contributed by atoms with Crippen LogP contribution in [0.1, 0.15) is 23.6 Å². The molecule has 2 aliphatic rings. The Kier molecular flexibility index (Phi) is 7.54. The minimum absolute atomic E-state index is 0.137. The summed E-state index contributed by atoms with van der Waals surface area (Å²) in [5.74, 6) is -0.431. The first-order valence-corrected chi connectivity index (χ1v) is 13.7. The fraction of sp³-hybridized carbons (Fsp3) is 0.138. The van der Waals surface area contributed by atoms with Crippen LogP contribution in [0.5, 0.6) is 0 Å². The van der Waals surface area contributed by atoms with Gasteiger partial charge in [-0.2, -0.15) is 5.26 Å². The zero-order valence-electron chi connectivity index (χ0n) is 20.8. The van der Waals surface area contributed by atoms with Gasteiger partial charge in [0.2, 0.25) is 0 Å². The minimum Gasteiger partial charge on any atom is -0.384 e. The van der Waals surface area contributed by atoms with Crippen molar-refractivity contribution >= 4 is 51.7 Å². The smallest absolute Gasteiger partial charge is 0.269 e. The quantitative estimate of drug-likeness (QED) is 0.349. The van der Waals surface area contributed by atoms with Crippen LogP contribution in [-0.4, -0.2) is 34.5 Å². The van der Waals surface area contributed by atoms with Gasteiger partial charge in [-0.15, -0.1) is 0 Å². The van der Waals surface area contributed by atoms with E-state index in [0.717, 1.165) is 27.5 Å². The van der Waals surface area contributed by atoms with E-state index in [1.165, 1.54) is 35.7 Å². The standard InChI is InChI=1S/C29H24FN5OS2/c1-3-32-23-14-9-20(16-31)15-24(23)33-29-35(17-19-7-5-4-6-8-19)27(36)26(38-29)28-34(2)25(18-37-28)21-10-12-22(30)13-11-21/h4-15,18,32H,3,17H2,1-2H3/b28-26-,33-29?. The molecular formula is C29H24FN5OS2. The summed E-state index contributed by atoms with van der Waals surface area (Å²) in [6.07, 6.45) is 0. The van der Waals surface area contributed by atoms with Gasteiger partial charge < -0.3 is 10.2 Å². The van der Waals surface area contributed by atoms with Crippen LogP contribution in [0.15, 0.2) is 93.1 Å². The van der Waals surface area contributed by atoms with E-state index in [1.807, 2.05) is 60.7 Å². The molecule has 1 fully saturated rings. The van der Waals surface area contributed by atoms with Crippen LogP contribution in [0.4, 0.5) is 15.8 Å². The number of nitrogens with zero attached hydrogens (tertiary/aromatic N) is 4. The molecule has 0 aromatic heterocycles. The molecule has 1 saturated heterocycles. The normalized spacial score (nSPS) is 18.2. The van der Waals surface area contributed by atoms with Crippen molar-refractivity contribution in [3.8, 4) is 6.07 Å². The van der Waals surface area contributed by atoms with Crippen LogP contribution in [0.25, 0.3) is 5.70 Å². The number of anilines is 1. The molecule has 0 saturated carbocycles. The summed E-state index contributed by atoms with van der Waals surface area (Å²) in [6, 6.07) is 23.6. The Morgan fingerprint density at radius 3 is 2.55 bits per heavy atom. The summed E-state index contributed by atoms with van der Waals surface area (Å²) in [6.45, 7) is 3.05. The molecular weight excluding hydrogens is 517 g/mol. The topological polar surface area (TPSA) is 71.7 Å². The number of hydrogen-bond donors (Lipinski definition) is 1. The molecule has 1 N–H and O–H groups in total. The van der Waals surface area contributed by atoms with Gasteiger partial charge in [0.1, 0.15) is 10.7 Å². The first kappa shape index (κ1) is 25.6. The average molecular weight is 542 g/mol. The van der Waals surface area contributed by atoms with Crippen molar-refractivity contribution in [1.82, 2.24) is 9.80 Å². The Balaban J connectivity index is 1.55. The number of aliphatic imine (C=N–C) groups is 1. The fourth-order valence-corrected chi connectivity index (χ4v) is 6.37. The SMILES string of the molecule is CCNc1ccc(C#N)cc1N=C1S/C(=C2\SC=C(c3ccc(F)cc3)N2C)C(=O)N1Cc1ccccc1. The predicted molar refractivity (Wildman–Crippen MR) is 154 cm³/mol. The summed E-state index contributed by atoms with van der Waals surface area (Å²) in [7, 11) is 1.90. The molecule has 3 aromatic carbocycles. The van der Waals surface area contributed by atoms with E-state index in [2.05, 4.69) is 11.4 Å². The maximum absolute atomic E-state index is 13.9. The number of carbonyl (C=O) groups excluding carboxylic acids is 1. The van der Waals surface area contributed by atoms with Gasteiger partial charge in [-0.05, 0) is 72.3 Å². The zero-order valence-corrected chi connectivity index (χ0v) is 22.4. The number of rotatable bonds is 6. The molecule has 2 heterocycles. The monoisotopic (exact) mass is 541 g/mol. The molecule has 2 aliphatic heterocycles. The summed E-state index contributed by atoms with van der Waals surface area (Å²) in [5, 5.41) is 16.0. The summed E-state index contributed by atoms with van der Waals surface area (Å²) >= 11 is 2.79. The van der Waals surface area contributed by atoms with E-state index >= 15 is 0 Å². The molecule has 9 heteroatoms. The van der Waals surface area contributed by atoms with Crippen LogP contribution < -0.4 is 5.32 Å². The third kappa shape index (κ3) is 5.19.